The van der Waals surface area contributed by atoms with E-state index in [9.17, 15) is 9.59 Å². The Hall–Kier alpha value is -2.62. The van der Waals surface area contributed by atoms with Crippen LogP contribution < -0.4 is 11.1 Å². The number of nitrogens with one attached hydrogen (secondary N) is 1. The molecule has 0 amide bonds. The van der Waals surface area contributed by atoms with Gasteiger partial charge in [-0.15, -0.1) is 11.3 Å². The van der Waals surface area contributed by atoms with Crippen LogP contribution in [0.4, 0.5) is 11.4 Å². The first kappa shape index (κ1) is 25.0. The number of benzene rings is 1. The topological polar surface area (TPSA) is 97.1 Å². The van der Waals surface area contributed by atoms with E-state index in [-0.39, 0.29) is 18.1 Å². The number of nitrogens with two attached hydrogens (primary N) is 1. The van der Waals surface area contributed by atoms with Gasteiger partial charge in [-0.1, -0.05) is 0 Å². The fraction of sp³-hybridized carbons (Fsp3) is 0.500. The standard InChI is InChI=1S/C24H34N4O4S/c1-5-32-23(29)15-28-16(2)12-27(13-17(28)3)14-19-8-9-33-22(19)11-26-21-7-6-18(10-20(21)25)24(30)31-4/h6-10,16-17,26H,5,11-15,25H2,1-4H3. The number of ether oxygens (including phenoxy) is 2. The Bertz CT molecular complexity index is 952. The van der Waals surface area contributed by atoms with Gasteiger partial charge in [0.05, 0.1) is 37.2 Å². The first-order valence-corrected chi connectivity index (χ1v) is 12.1. The lowest BCUT2D eigenvalue weighted by Crippen LogP contribution is -2.57. The Morgan fingerprint density at radius 2 is 1.94 bits per heavy atom. The second-order valence-electron chi connectivity index (χ2n) is 8.39. The van der Waals surface area contributed by atoms with E-state index in [1.165, 1.54) is 17.6 Å². The fourth-order valence-electron chi connectivity index (χ4n) is 4.31. The highest BCUT2D eigenvalue weighted by Gasteiger charge is 2.31. The zero-order chi connectivity index (χ0) is 24.0. The van der Waals surface area contributed by atoms with E-state index in [4.69, 9.17) is 15.2 Å². The molecule has 2 aromatic rings. The monoisotopic (exact) mass is 474 g/mol. The van der Waals surface area contributed by atoms with Crippen LogP contribution in [0.1, 0.15) is 41.6 Å². The molecule has 9 heteroatoms. The molecule has 1 fully saturated rings. The first-order chi connectivity index (χ1) is 15.8. The van der Waals surface area contributed by atoms with Crippen molar-refractivity contribution < 1.29 is 19.1 Å². The molecule has 3 rings (SSSR count). The number of esters is 2. The van der Waals surface area contributed by atoms with Gasteiger partial charge in [0.1, 0.15) is 0 Å². The molecule has 2 heterocycles. The molecule has 1 aromatic heterocycles. The van der Waals surface area contributed by atoms with Gasteiger partial charge >= 0.3 is 11.9 Å². The summed E-state index contributed by atoms with van der Waals surface area (Å²) in [5.74, 6) is -0.561. The molecular formula is C24H34N4O4S. The van der Waals surface area contributed by atoms with Gasteiger partial charge in [-0.2, -0.15) is 0 Å². The number of thiophene rings is 1. The van der Waals surface area contributed by atoms with Gasteiger partial charge in [0.25, 0.3) is 0 Å². The van der Waals surface area contributed by atoms with Crippen molar-refractivity contribution in [1.29, 1.82) is 0 Å². The molecule has 2 atom stereocenters. The predicted octanol–water partition coefficient (Wildman–Crippen LogP) is 3.19. The van der Waals surface area contributed by atoms with Gasteiger partial charge < -0.3 is 20.5 Å². The zero-order valence-electron chi connectivity index (χ0n) is 19.8. The molecule has 0 spiro atoms. The van der Waals surface area contributed by atoms with Gasteiger partial charge in [-0.05, 0) is 56.0 Å². The van der Waals surface area contributed by atoms with Crippen LogP contribution in [0.3, 0.4) is 0 Å². The highest BCUT2D eigenvalue weighted by atomic mass is 32.1. The van der Waals surface area contributed by atoms with Crippen LogP contribution in [-0.4, -0.2) is 67.2 Å². The minimum Gasteiger partial charge on any atom is -0.465 e. The molecule has 0 saturated carbocycles. The summed E-state index contributed by atoms with van der Waals surface area (Å²) in [6, 6.07) is 7.85. The van der Waals surface area contributed by atoms with Crippen LogP contribution >= 0.6 is 11.3 Å². The van der Waals surface area contributed by atoms with Crippen LogP contribution in [0.2, 0.25) is 0 Å². The molecule has 3 N–H and O–H groups in total. The lowest BCUT2D eigenvalue weighted by molar-refractivity contribution is -0.146. The number of anilines is 2. The van der Waals surface area contributed by atoms with Crippen molar-refractivity contribution >= 4 is 34.7 Å². The summed E-state index contributed by atoms with van der Waals surface area (Å²) in [5, 5.41) is 5.50. The Labute approximate surface area is 199 Å². The van der Waals surface area contributed by atoms with E-state index in [0.29, 0.717) is 30.9 Å². The quantitative estimate of drug-likeness (QED) is 0.423. The summed E-state index contributed by atoms with van der Waals surface area (Å²) in [5.41, 5.74) is 9.14. The Kier molecular flexibility index (Phi) is 8.71. The second-order valence-corrected chi connectivity index (χ2v) is 9.39. The number of rotatable bonds is 9. The van der Waals surface area contributed by atoms with Gasteiger partial charge in [-0.25, -0.2) is 4.79 Å². The number of piperazine rings is 1. The average Bonchev–Trinajstić information content (AvgIpc) is 3.21. The number of methoxy groups -OCH3 is 1. The van der Waals surface area contributed by atoms with E-state index >= 15 is 0 Å². The Morgan fingerprint density at radius 1 is 1.21 bits per heavy atom. The van der Waals surface area contributed by atoms with E-state index in [1.807, 2.05) is 6.92 Å². The second kappa shape index (κ2) is 11.5. The molecule has 2 unspecified atom stereocenters. The van der Waals surface area contributed by atoms with Gasteiger partial charge in [-0.3, -0.25) is 14.6 Å². The predicted molar refractivity (Wildman–Crippen MR) is 131 cm³/mol. The molecular weight excluding hydrogens is 440 g/mol. The van der Waals surface area contributed by atoms with E-state index in [2.05, 4.69) is 40.4 Å². The summed E-state index contributed by atoms with van der Waals surface area (Å²) >= 11 is 1.72. The molecule has 0 radical (unpaired) electrons. The summed E-state index contributed by atoms with van der Waals surface area (Å²) in [7, 11) is 1.35. The van der Waals surface area contributed by atoms with E-state index in [0.717, 1.165) is 25.3 Å². The zero-order valence-corrected chi connectivity index (χ0v) is 20.6. The van der Waals surface area contributed by atoms with Crippen molar-refractivity contribution in [3.05, 3.63) is 45.6 Å². The molecule has 0 aliphatic carbocycles. The number of nitrogens with zero attached hydrogens (tertiary/aromatic N) is 2. The van der Waals surface area contributed by atoms with Crippen molar-refractivity contribution in [3.63, 3.8) is 0 Å². The highest BCUT2D eigenvalue weighted by molar-refractivity contribution is 7.10. The smallest absolute Gasteiger partial charge is 0.337 e. The fourth-order valence-corrected chi connectivity index (χ4v) is 5.15. The third kappa shape index (κ3) is 6.46. The lowest BCUT2D eigenvalue weighted by atomic mass is 10.1. The minimum atomic E-state index is -0.403. The molecule has 8 nitrogen and oxygen atoms in total. The molecule has 1 saturated heterocycles. The largest absolute Gasteiger partial charge is 0.465 e. The molecule has 180 valence electrons. The molecule has 0 bridgehead atoms. The van der Waals surface area contributed by atoms with Crippen LogP contribution in [0.15, 0.2) is 29.6 Å². The Morgan fingerprint density at radius 3 is 2.58 bits per heavy atom. The van der Waals surface area contributed by atoms with Crippen molar-refractivity contribution in [2.75, 3.05) is 44.4 Å². The third-order valence-electron chi connectivity index (χ3n) is 5.94. The van der Waals surface area contributed by atoms with Crippen molar-refractivity contribution in [2.45, 2.75) is 45.9 Å². The summed E-state index contributed by atoms with van der Waals surface area (Å²) < 4.78 is 9.88. The number of carbonyl (C=O) groups is 2. The Balaban J connectivity index is 1.58. The first-order valence-electron chi connectivity index (χ1n) is 11.2. The van der Waals surface area contributed by atoms with Gasteiger partial charge in [0, 0.05) is 43.1 Å². The van der Waals surface area contributed by atoms with Gasteiger partial charge in [0.15, 0.2) is 0 Å². The molecule has 33 heavy (non-hydrogen) atoms. The van der Waals surface area contributed by atoms with E-state index in [1.54, 1.807) is 29.5 Å². The normalized spacial score (nSPS) is 19.3. The van der Waals surface area contributed by atoms with Crippen molar-refractivity contribution in [1.82, 2.24) is 9.80 Å². The molecule has 1 aromatic carbocycles. The number of nitrogen functional groups attached to an aromatic ring is 1. The maximum Gasteiger partial charge on any atom is 0.337 e. The average molecular weight is 475 g/mol. The summed E-state index contributed by atoms with van der Waals surface area (Å²) in [6.45, 7) is 10.2. The third-order valence-corrected chi connectivity index (χ3v) is 6.90. The number of hydrogen-bond donors (Lipinski definition) is 2. The van der Waals surface area contributed by atoms with Crippen molar-refractivity contribution in [3.8, 4) is 0 Å². The maximum atomic E-state index is 12.0. The summed E-state index contributed by atoms with van der Waals surface area (Å²) in [4.78, 5) is 29.6. The number of hydrogen-bond acceptors (Lipinski definition) is 9. The van der Waals surface area contributed by atoms with E-state index < -0.39 is 5.97 Å². The maximum absolute atomic E-state index is 12.0. The molecule has 1 aliphatic heterocycles. The van der Waals surface area contributed by atoms with Crippen LogP contribution in [-0.2, 0) is 27.4 Å². The highest BCUT2D eigenvalue weighted by Crippen LogP contribution is 2.26. The SMILES string of the molecule is CCOC(=O)CN1C(C)CN(Cc2ccsc2CNc2ccc(C(=O)OC)cc2N)CC1C. The molecule has 1 aliphatic rings. The van der Waals surface area contributed by atoms with Crippen LogP contribution in [0, 0.1) is 0 Å². The summed E-state index contributed by atoms with van der Waals surface area (Å²) in [6.07, 6.45) is 0. The lowest BCUT2D eigenvalue weighted by Gasteiger charge is -2.44. The minimum absolute atomic E-state index is 0.158. The van der Waals surface area contributed by atoms with Gasteiger partial charge in [0.2, 0.25) is 0 Å². The van der Waals surface area contributed by atoms with Crippen molar-refractivity contribution in [2.24, 2.45) is 0 Å². The van der Waals surface area contributed by atoms with Crippen LogP contribution in [0.5, 0.6) is 0 Å². The van der Waals surface area contributed by atoms with Crippen LogP contribution in [0.25, 0.3) is 0 Å². The number of carbonyl (C=O) groups excluding carboxylic acids is 2.